The molecule has 17 heavy (non-hydrogen) atoms. The van der Waals surface area contributed by atoms with E-state index in [1.807, 2.05) is 13.8 Å². The SMILES string of the molecule is CC(C)c1ccc(S(=O)(=O)NNC(N)=S)cc1. The van der Waals surface area contributed by atoms with Crippen LogP contribution in [0.5, 0.6) is 0 Å². The van der Waals surface area contributed by atoms with Gasteiger partial charge in [-0.1, -0.05) is 26.0 Å². The zero-order valence-corrected chi connectivity index (χ0v) is 11.2. The average molecular weight is 273 g/mol. The first-order valence-corrected chi connectivity index (χ1v) is 6.89. The van der Waals surface area contributed by atoms with Gasteiger partial charge in [-0.2, -0.15) is 0 Å². The number of thiocarbonyl (C=S) groups is 1. The molecule has 0 aromatic heterocycles. The Kier molecular flexibility index (Phi) is 4.44. The summed E-state index contributed by atoms with van der Waals surface area (Å²) in [5.74, 6) is 0.356. The van der Waals surface area contributed by atoms with E-state index in [2.05, 4.69) is 22.5 Å². The monoisotopic (exact) mass is 273 g/mol. The van der Waals surface area contributed by atoms with Crippen molar-refractivity contribution in [2.45, 2.75) is 24.7 Å². The first-order chi connectivity index (χ1) is 7.83. The van der Waals surface area contributed by atoms with Crippen molar-refractivity contribution in [1.82, 2.24) is 10.3 Å². The maximum absolute atomic E-state index is 11.7. The summed E-state index contributed by atoms with van der Waals surface area (Å²) in [5.41, 5.74) is 8.40. The number of hydrazine groups is 1. The molecule has 0 atom stereocenters. The van der Waals surface area contributed by atoms with Gasteiger partial charge in [0.05, 0.1) is 4.90 Å². The smallest absolute Gasteiger partial charge is 0.257 e. The van der Waals surface area contributed by atoms with Crippen LogP contribution in [-0.2, 0) is 10.0 Å². The molecule has 0 aliphatic heterocycles. The Hall–Kier alpha value is -1.18. The van der Waals surface area contributed by atoms with Crippen molar-refractivity contribution in [2.75, 3.05) is 0 Å². The third-order valence-electron chi connectivity index (χ3n) is 2.17. The molecule has 0 radical (unpaired) electrons. The van der Waals surface area contributed by atoms with E-state index >= 15 is 0 Å². The fourth-order valence-corrected chi connectivity index (χ4v) is 2.18. The second-order valence-corrected chi connectivity index (χ2v) is 5.94. The number of hydrogen-bond acceptors (Lipinski definition) is 3. The number of nitrogens with two attached hydrogens (primary N) is 1. The van der Waals surface area contributed by atoms with E-state index < -0.39 is 10.0 Å². The van der Waals surface area contributed by atoms with Crippen molar-refractivity contribution in [2.24, 2.45) is 5.73 Å². The van der Waals surface area contributed by atoms with Gasteiger partial charge in [-0.3, -0.25) is 5.43 Å². The lowest BCUT2D eigenvalue weighted by atomic mass is 10.0. The van der Waals surface area contributed by atoms with Crippen LogP contribution in [0.4, 0.5) is 0 Å². The molecule has 1 aromatic carbocycles. The first-order valence-electron chi connectivity index (χ1n) is 5.00. The molecule has 4 N–H and O–H groups in total. The van der Waals surface area contributed by atoms with Gasteiger partial charge in [0.2, 0.25) is 0 Å². The van der Waals surface area contributed by atoms with E-state index in [0.29, 0.717) is 5.92 Å². The highest BCUT2D eigenvalue weighted by Crippen LogP contribution is 2.16. The largest absolute Gasteiger partial charge is 0.375 e. The Balaban J connectivity index is 2.89. The molecular weight excluding hydrogens is 258 g/mol. The van der Waals surface area contributed by atoms with Crippen LogP contribution in [0.15, 0.2) is 29.2 Å². The lowest BCUT2D eigenvalue weighted by Crippen LogP contribution is -2.44. The lowest BCUT2D eigenvalue weighted by molar-refractivity contribution is 0.577. The van der Waals surface area contributed by atoms with Crippen LogP contribution in [0, 0.1) is 0 Å². The second-order valence-electron chi connectivity index (χ2n) is 3.82. The van der Waals surface area contributed by atoms with Crippen molar-refractivity contribution < 1.29 is 8.42 Å². The fourth-order valence-electron chi connectivity index (χ4n) is 1.21. The fraction of sp³-hybridized carbons (Fsp3) is 0.300. The van der Waals surface area contributed by atoms with Gasteiger partial charge in [-0.25, -0.2) is 8.42 Å². The van der Waals surface area contributed by atoms with Crippen LogP contribution in [0.1, 0.15) is 25.3 Å². The zero-order valence-electron chi connectivity index (χ0n) is 9.60. The number of sulfonamides is 1. The summed E-state index contributed by atoms with van der Waals surface area (Å²) in [5, 5.41) is -0.132. The molecule has 1 rings (SSSR count). The predicted molar refractivity (Wildman–Crippen MR) is 70.8 cm³/mol. The maximum atomic E-state index is 11.7. The van der Waals surface area contributed by atoms with Gasteiger partial charge in [-0.15, -0.1) is 4.83 Å². The summed E-state index contributed by atoms with van der Waals surface area (Å²) in [6.45, 7) is 4.08. The van der Waals surface area contributed by atoms with Gasteiger partial charge >= 0.3 is 0 Å². The molecule has 1 aromatic rings. The highest BCUT2D eigenvalue weighted by Gasteiger charge is 2.13. The van der Waals surface area contributed by atoms with Gasteiger partial charge in [0.15, 0.2) is 5.11 Å². The molecule has 0 heterocycles. The Morgan fingerprint density at radius 1 is 1.29 bits per heavy atom. The van der Waals surface area contributed by atoms with Gasteiger partial charge < -0.3 is 5.73 Å². The molecule has 0 aliphatic carbocycles. The third-order valence-corrected chi connectivity index (χ3v) is 3.53. The van der Waals surface area contributed by atoms with Gasteiger partial charge in [0, 0.05) is 0 Å². The van der Waals surface area contributed by atoms with E-state index in [9.17, 15) is 8.42 Å². The molecule has 94 valence electrons. The van der Waals surface area contributed by atoms with Crippen molar-refractivity contribution >= 4 is 27.4 Å². The van der Waals surface area contributed by atoms with E-state index in [4.69, 9.17) is 5.73 Å². The lowest BCUT2D eigenvalue weighted by Gasteiger charge is -2.09. The molecule has 0 amide bonds. The van der Waals surface area contributed by atoms with Crippen LogP contribution < -0.4 is 16.0 Å². The number of nitrogens with one attached hydrogen (secondary N) is 2. The summed E-state index contributed by atoms with van der Waals surface area (Å²) < 4.78 is 23.5. The molecule has 0 saturated heterocycles. The van der Waals surface area contributed by atoms with E-state index in [1.54, 1.807) is 24.3 Å². The minimum Gasteiger partial charge on any atom is -0.375 e. The van der Waals surface area contributed by atoms with Crippen molar-refractivity contribution in [3.63, 3.8) is 0 Å². The Bertz CT molecular complexity index is 495. The van der Waals surface area contributed by atoms with Crippen LogP contribution in [0.25, 0.3) is 0 Å². The molecule has 0 saturated carbocycles. The van der Waals surface area contributed by atoms with Gasteiger partial charge in [0.25, 0.3) is 10.0 Å². The van der Waals surface area contributed by atoms with Crippen molar-refractivity contribution in [3.8, 4) is 0 Å². The Labute approximate surface area is 106 Å². The van der Waals surface area contributed by atoms with E-state index in [-0.39, 0.29) is 10.0 Å². The van der Waals surface area contributed by atoms with E-state index in [0.717, 1.165) is 5.56 Å². The van der Waals surface area contributed by atoms with Crippen LogP contribution >= 0.6 is 12.2 Å². The minimum absolute atomic E-state index is 0.132. The number of benzene rings is 1. The highest BCUT2D eigenvalue weighted by atomic mass is 32.2. The minimum atomic E-state index is -3.63. The normalized spacial score (nSPS) is 11.5. The molecule has 0 aliphatic rings. The predicted octanol–water partition coefficient (Wildman–Crippen LogP) is 0.837. The number of rotatable bonds is 4. The molecular formula is C10H15N3O2S2. The molecule has 0 bridgehead atoms. The topological polar surface area (TPSA) is 84.2 Å². The molecule has 5 nitrogen and oxygen atoms in total. The quantitative estimate of drug-likeness (QED) is 0.559. The molecule has 0 fully saturated rings. The summed E-state index contributed by atoms with van der Waals surface area (Å²) in [6.07, 6.45) is 0. The Morgan fingerprint density at radius 2 is 1.82 bits per heavy atom. The molecule has 0 unspecified atom stereocenters. The zero-order chi connectivity index (χ0) is 13.1. The summed E-state index contributed by atoms with van der Waals surface area (Å²) >= 11 is 4.51. The standard InChI is InChI=1S/C10H15N3O2S2/c1-7(2)8-3-5-9(6-4-8)17(14,15)13-12-10(11)16/h3-7,13H,1-2H3,(H3,11,12,16). The second kappa shape index (κ2) is 5.44. The maximum Gasteiger partial charge on any atom is 0.257 e. The van der Waals surface area contributed by atoms with Gasteiger partial charge in [-0.05, 0) is 35.8 Å². The third kappa shape index (κ3) is 3.95. The van der Waals surface area contributed by atoms with Crippen LogP contribution in [-0.4, -0.2) is 13.5 Å². The summed E-state index contributed by atoms with van der Waals surface area (Å²) in [6, 6.07) is 6.64. The van der Waals surface area contributed by atoms with Crippen LogP contribution in [0.3, 0.4) is 0 Å². The average Bonchev–Trinajstić information content (AvgIpc) is 2.27. The molecule has 0 spiro atoms. The molecule has 7 heteroatoms. The van der Waals surface area contributed by atoms with Crippen molar-refractivity contribution in [3.05, 3.63) is 29.8 Å². The first kappa shape index (κ1) is 13.9. The van der Waals surface area contributed by atoms with Crippen molar-refractivity contribution in [1.29, 1.82) is 0 Å². The highest BCUT2D eigenvalue weighted by molar-refractivity contribution is 7.89. The summed E-state index contributed by atoms with van der Waals surface area (Å²) in [4.78, 5) is 2.24. The van der Waals surface area contributed by atoms with E-state index in [1.165, 1.54) is 0 Å². The summed E-state index contributed by atoms with van der Waals surface area (Å²) in [7, 11) is -3.63. The van der Waals surface area contributed by atoms with Gasteiger partial charge in [0.1, 0.15) is 0 Å². The van der Waals surface area contributed by atoms with Crippen LogP contribution in [0.2, 0.25) is 0 Å². The Morgan fingerprint density at radius 3 is 2.24 bits per heavy atom. The number of hydrogen-bond donors (Lipinski definition) is 3.